The first-order valence-corrected chi connectivity index (χ1v) is 14.8. The molecule has 2 unspecified atom stereocenters. The van der Waals surface area contributed by atoms with Gasteiger partial charge in [-0.25, -0.2) is 0 Å². The van der Waals surface area contributed by atoms with Crippen molar-refractivity contribution in [1.82, 2.24) is 10.2 Å². The van der Waals surface area contributed by atoms with E-state index in [1.807, 2.05) is 30.3 Å². The lowest BCUT2D eigenvalue weighted by molar-refractivity contribution is -0.153. The number of halogens is 1. The number of aryl methyl sites for hydroxylation is 1. The topological polar surface area (TPSA) is 93.1 Å². The van der Waals surface area contributed by atoms with Crippen molar-refractivity contribution in [3.05, 3.63) is 76.0 Å². The quantitative estimate of drug-likeness (QED) is 0.232. The first-order chi connectivity index (χ1) is 18.8. The van der Waals surface area contributed by atoms with E-state index in [9.17, 15) is 19.8 Å². The second kappa shape index (κ2) is 15.8. The van der Waals surface area contributed by atoms with Crippen LogP contribution in [0.4, 0.5) is 5.69 Å². The molecule has 0 spiro atoms. The van der Waals surface area contributed by atoms with Gasteiger partial charge in [-0.05, 0) is 67.2 Å². The Balaban J connectivity index is 1.37. The van der Waals surface area contributed by atoms with E-state index in [4.69, 9.17) is 11.6 Å². The van der Waals surface area contributed by atoms with E-state index >= 15 is 0 Å². The molecular weight excluding hydrogens is 534 g/mol. The Morgan fingerprint density at radius 3 is 2.59 bits per heavy atom. The molecule has 7 nitrogen and oxygen atoms in total. The molecular formula is C30H40ClN3O4S. The van der Waals surface area contributed by atoms with Crippen LogP contribution in [0.1, 0.15) is 36.6 Å². The van der Waals surface area contributed by atoms with Gasteiger partial charge in [0.15, 0.2) is 12.2 Å². The zero-order chi connectivity index (χ0) is 28.2. The van der Waals surface area contributed by atoms with E-state index in [1.54, 1.807) is 11.3 Å². The Morgan fingerprint density at radius 1 is 1.13 bits per heavy atom. The first-order valence-electron chi connectivity index (χ1n) is 13.6. The summed E-state index contributed by atoms with van der Waals surface area (Å²) in [6.45, 7) is 8.08. The molecule has 2 aromatic rings. The molecule has 1 aliphatic heterocycles. The molecule has 3 N–H and O–H groups in total. The number of hydrogen-bond donors (Lipinski definition) is 3. The van der Waals surface area contributed by atoms with Gasteiger partial charge in [0, 0.05) is 37.6 Å². The average Bonchev–Trinajstić information content (AvgIpc) is 3.41. The van der Waals surface area contributed by atoms with E-state index in [1.165, 1.54) is 10.5 Å². The van der Waals surface area contributed by atoms with Crippen LogP contribution in [0.15, 0.2) is 60.5 Å². The van der Waals surface area contributed by atoms with Gasteiger partial charge in [-0.1, -0.05) is 48.9 Å². The standard InChI is InChI=1S/C30H40ClN3O4S/c1-3-4-5-6-9-22(2)12-13-23-20-24(39-21-23)14-15-32-29(37)27(35)28(36)30(38)34-18-16-33(17-19-34)26-11-8-7-10-25(26)31/h3,6-11,20-22,27-28,35-36H,1,4-5,12-19H2,2H3,(H,32,37)/b9-6-/t22?,27?,28-/m1/s1. The van der Waals surface area contributed by atoms with E-state index in [0.29, 0.717) is 50.1 Å². The SMILES string of the molecule is C=CCC/C=C\C(C)CCc1csc(CCNC(=O)C(O)[C@@H](O)C(=O)N2CCN(c3ccccc3Cl)CC2)c1. The van der Waals surface area contributed by atoms with Crippen LogP contribution in [0.3, 0.4) is 0 Å². The van der Waals surface area contributed by atoms with Crippen molar-refractivity contribution in [3.8, 4) is 0 Å². The third kappa shape index (κ3) is 9.49. The monoisotopic (exact) mass is 573 g/mol. The molecule has 212 valence electrons. The molecule has 1 aliphatic rings. The average molecular weight is 574 g/mol. The van der Waals surface area contributed by atoms with Gasteiger partial charge in [0.2, 0.25) is 0 Å². The van der Waals surface area contributed by atoms with Gasteiger partial charge in [-0.3, -0.25) is 9.59 Å². The summed E-state index contributed by atoms with van der Waals surface area (Å²) in [5, 5.41) is 26.2. The minimum Gasteiger partial charge on any atom is -0.380 e. The summed E-state index contributed by atoms with van der Waals surface area (Å²) in [5.41, 5.74) is 2.18. The van der Waals surface area contributed by atoms with E-state index in [-0.39, 0.29) is 0 Å². The second-order valence-corrected chi connectivity index (χ2v) is 11.3. The van der Waals surface area contributed by atoms with Crippen LogP contribution in [-0.4, -0.2) is 71.9 Å². The maximum Gasteiger partial charge on any atom is 0.254 e. The molecule has 1 fully saturated rings. The van der Waals surface area contributed by atoms with Gasteiger partial charge in [-0.2, -0.15) is 0 Å². The van der Waals surface area contributed by atoms with Crippen LogP contribution in [0.2, 0.25) is 5.02 Å². The van der Waals surface area contributed by atoms with Crippen molar-refractivity contribution in [2.75, 3.05) is 37.6 Å². The Kier molecular flexibility index (Phi) is 12.5. The van der Waals surface area contributed by atoms with Gasteiger partial charge in [0.1, 0.15) is 0 Å². The molecule has 1 saturated heterocycles. The zero-order valence-electron chi connectivity index (χ0n) is 22.6. The number of nitrogens with one attached hydrogen (secondary N) is 1. The maximum absolute atomic E-state index is 12.7. The number of aliphatic hydroxyl groups is 2. The van der Waals surface area contributed by atoms with Gasteiger partial charge in [0.25, 0.3) is 11.8 Å². The summed E-state index contributed by atoms with van der Waals surface area (Å²) in [6.07, 6.45) is 7.50. The second-order valence-electron chi connectivity index (χ2n) is 9.93. The fourth-order valence-corrected chi connectivity index (χ4v) is 5.66. The van der Waals surface area contributed by atoms with Crippen LogP contribution in [0.5, 0.6) is 0 Å². The summed E-state index contributed by atoms with van der Waals surface area (Å²) in [6, 6.07) is 9.66. The summed E-state index contributed by atoms with van der Waals surface area (Å²) in [7, 11) is 0. The molecule has 39 heavy (non-hydrogen) atoms. The first kappa shape index (κ1) is 30.9. The Morgan fingerprint density at radius 2 is 1.87 bits per heavy atom. The van der Waals surface area contributed by atoms with Crippen LogP contribution >= 0.6 is 22.9 Å². The number of carbonyl (C=O) groups excluding carboxylic acids is 2. The van der Waals surface area contributed by atoms with Crippen LogP contribution in [0, 0.1) is 5.92 Å². The molecule has 3 atom stereocenters. The molecule has 3 rings (SSSR count). The number of allylic oxidation sites excluding steroid dienone is 3. The predicted octanol–water partition coefficient (Wildman–Crippen LogP) is 4.22. The lowest BCUT2D eigenvalue weighted by atomic mass is 10.0. The fraction of sp³-hybridized carbons (Fsp3) is 0.467. The van der Waals surface area contributed by atoms with Crippen molar-refractivity contribution < 1.29 is 19.8 Å². The molecule has 2 amide bonds. The number of anilines is 1. The number of nitrogens with zero attached hydrogens (tertiary/aromatic N) is 2. The number of carbonyl (C=O) groups is 2. The van der Waals surface area contributed by atoms with E-state index in [2.05, 4.69) is 47.3 Å². The number of benzene rings is 1. The number of aliphatic hydroxyl groups excluding tert-OH is 2. The minimum atomic E-state index is -1.82. The third-order valence-electron chi connectivity index (χ3n) is 6.87. The molecule has 0 bridgehead atoms. The molecule has 2 heterocycles. The summed E-state index contributed by atoms with van der Waals surface area (Å²) < 4.78 is 0. The number of hydrogen-bond acceptors (Lipinski definition) is 6. The van der Waals surface area contributed by atoms with Crippen molar-refractivity contribution in [3.63, 3.8) is 0 Å². The maximum atomic E-state index is 12.7. The number of thiophene rings is 1. The summed E-state index contributed by atoms with van der Waals surface area (Å²) in [5.74, 6) is -0.886. The van der Waals surface area contributed by atoms with Crippen molar-refractivity contribution >= 4 is 40.4 Å². The van der Waals surface area contributed by atoms with Crippen molar-refractivity contribution in [1.29, 1.82) is 0 Å². The molecule has 0 radical (unpaired) electrons. The predicted molar refractivity (Wildman–Crippen MR) is 159 cm³/mol. The normalized spacial score (nSPS) is 16.2. The number of para-hydroxylation sites is 1. The number of unbranched alkanes of at least 4 members (excludes halogenated alkanes) is 1. The van der Waals surface area contributed by atoms with Gasteiger partial charge < -0.3 is 25.3 Å². The van der Waals surface area contributed by atoms with Crippen molar-refractivity contribution in [2.45, 2.75) is 51.2 Å². The van der Waals surface area contributed by atoms with Gasteiger partial charge >= 0.3 is 0 Å². The number of piperazine rings is 1. The summed E-state index contributed by atoms with van der Waals surface area (Å²) in [4.78, 5) is 29.8. The highest BCUT2D eigenvalue weighted by atomic mass is 35.5. The Labute approximate surface area is 240 Å². The largest absolute Gasteiger partial charge is 0.380 e. The Bertz CT molecular complexity index is 1110. The number of rotatable bonds is 14. The lowest BCUT2D eigenvalue weighted by Gasteiger charge is -2.37. The summed E-state index contributed by atoms with van der Waals surface area (Å²) >= 11 is 7.92. The third-order valence-corrected chi connectivity index (χ3v) is 8.24. The Hall–Kier alpha value is -2.65. The highest BCUT2D eigenvalue weighted by Crippen LogP contribution is 2.26. The smallest absolute Gasteiger partial charge is 0.254 e. The van der Waals surface area contributed by atoms with Crippen LogP contribution in [0.25, 0.3) is 0 Å². The van der Waals surface area contributed by atoms with Crippen molar-refractivity contribution in [2.24, 2.45) is 5.92 Å². The molecule has 1 aromatic heterocycles. The van der Waals surface area contributed by atoms with Crippen LogP contribution < -0.4 is 10.2 Å². The molecule has 0 aliphatic carbocycles. The number of amides is 2. The molecule has 0 saturated carbocycles. The molecule has 9 heteroatoms. The molecule has 1 aromatic carbocycles. The van der Waals surface area contributed by atoms with E-state index in [0.717, 1.165) is 36.2 Å². The highest BCUT2D eigenvalue weighted by molar-refractivity contribution is 7.10. The minimum absolute atomic E-state index is 0.315. The fourth-order valence-electron chi connectivity index (χ4n) is 4.48. The van der Waals surface area contributed by atoms with Crippen LogP contribution in [-0.2, 0) is 22.4 Å². The van der Waals surface area contributed by atoms with Gasteiger partial charge in [-0.15, -0.1) is 17.9 Å². The lowest BCUT2D eigenvalue weighted by Crippen LogP contribution is -2.55. The van der Waals surface area contributed by atoms with E-state index < -0.39 is 24.0 Å². The van der Waals surface area contributed by atoms with Gasteiger partial charge in [0.05, 0.1) is 10.7 Å². The zero-order valence-corrected chi connectivity index (χ0v) is 24.2. The highest BCUT2D eigenvalue weighted by Gasteiger charge is 2.34.